The minimum Gasteiger partial charge on any atom is -0.149 e. The second-order valence-corrected chi connectivity index (χ2v) is 5.54. The summed E-state index contributed by atoms with van der Waals surface area (Å²) in [4.78, 5) is 1.46. The Kier molecular flexibility index (Phi) is 2.92. The van der Waals surface area contributed by atoms with Gasteiger partial charge in [0.1, 0.15) is 0 Å². The molecule has 1 heterocycles. The van der Waals surface area contributed by atoms with Crippen molar-refractivity contribution in [1.82, 2.24) is 0 Å². The van der Waals surface area contributed by atoms with E-state index >= 15 is 0 Å². The van der Waals surface area contributed by atoms with E-state index in [0.717, 1.165) is 6.42 Å². The third-order valence-corrected chi connectivity index (χ3v) is 3.63. The maximum Gasteiger partial charge on any atom is 0.00538 e. The summed E-state index contributed by atoms with van der Waals surface area (Å²) in [7, 11) is 0. The Morgan fingerprint density at radius 2 is 1.73 bits per heavy atom. The van der Waals surface area contributed by atoms with Crippen molar-refractivity contribution in [3.05, 3.63) is 58.3 Å². The lowest BCUT2D eigenvalue weighted by Gasteiger charge is -2.24. The Morgan fingerprint density at radius 3 is 2.33 bits per heavy atom. The van der Waals surface area contributed by atoms with Crippen molar-refractivity contribution in [2.45, 2.75) is 25.7 Å². The average Bonchev–Trinajstić information content (AvgIpc) is 2.71. The van der Waals surface area contributed by atoms with Crippen molar-refractivity contribution in [2.75, 3.05) is 0 Å². The molecule has 0 saturated carbocycles. The maximum atomic E-state index is 2.31. The Labute approximate surface area is 95.6 Å². The van der Waals surface area contributed by atoms with E-state index in [-0.39, 0.29) is 5.41 Å². The minimum absolute atomic E-state index is 0.228. The first kappa shape index (κ1) is 10.4. The normalized spacial score (nSPS) is 11.6. The van der Waals surface area contributed by atoms with Crippen LogP contribution >= 0.6 is 11.3 Å². The van der Waals surface area contributed by atoms with E-state index in [4.69, 9.17) is 0 Å². The van der Waals surface area contributed by atoms with Crippen molar-refractivity contribution in [3.63, 3.8) is 0 Å². The predicted octanol–water partition coefficient (Wildman–Crippen LogP) is 4.27. The highest BCUT2D eigenvalue weighted by atomic mass is 32.1. The number of benzene rings is 1. The summed E-state index contributed by atoms with van der Waals surface area (Å²) in [6.45, 7) is 4.62. The number of hydrogen-bond donors (Lipinski definition) is 0. The smallest absolute Gasteiger partial charge is 0.00538 e. The molecule has 0 N–H and O–H groups in total. The molecule has 1 aromatic heterocycles. The monoisotopic (exact) mass is 216 g/mol. The number of hydrogen-bond acceptors (Lipinski definition) is 1. The molecule has 2 aromatic rings. The molecule has 0 unspecified atom stereocenters. The summed E-state index contributed by atoms with van der Waals surface area (Å²) in [6, 6.07) is 15.1. The summed E-state index contributed by atoms with van der Waals surface area (Å²) in [5.74, 6) is 0. The van der Waals surface area contributed by atoms with Gasteiger partial charge in [-0.15, -0.1) is 11.3 Å². The molecule has 78 valence electrons. The molecule has 1 aromatic carbocycles. The van der Waals surface area contributed by atoms with E-state index in [9.17, 15) is 0 Å². The van der Waals surface area contributed by atoms with Crippen molar-refractivity contribution in [3.8, 4) is 0 Å². The van der Waals surface area contributed by atoms with Gasteiger partial charge in [0, 0.05) is 4.88 Å². The summed E-state index contributed by atoms with van der Waals surface area (Å²) in [5, 5.41) is 2.15. The van der Waals surface area contributed by atoms with Gasteiger partial charge in [0.15, 0.2) is 0 Å². The molecular formula is C14H16S. The van der Waals surface area contributed by atoms with E-state index in [1.165, 1.54) is 10.4 Å². The van der Waals surface area contributed by atoms with Crippen molar-refractivity contribution in [2.24, 2.45) is 0 Å². The maximum absolute atomic E-state index is 2.31. The van der Waals surface area contributed by atoms with Crippen LogP contribution in [-0.2, 0) is 11.8 Å². The fourth-order valence-corrected chi connectivity index (χ4v) is 2.77. The van der Waals surface area contributed by atoms with Gasteiger partial charge in [-0.05, 0) is 28.8 Å². The van der Waals surface area contributed by atoms with Gasteiger partial charge in [-0.3, -0.25) is 0 Å². The Balaban J connectivity index is 2.20. The third-order valence-electron chi connectivity index (χ3n) is 2.75. The second kappa shape index (κ2) is 4.19. The molecule has 15 heavy (non-hydrogen) atoms. The van der Waals surface area contributed by atoms with E-state index in [0.29, 0.717) is 0 Å². The first-order valence-electron chi connectivity index (χ1n) is 5.26. The lowest BCUT2D eigenvalue weighted by Crippen LogP contribution is -2.19. The Hall–Kier alpha value is -1.08. The third kappa shape index (κ3) is 2.48. The van der Waals surface area contributed by atoms with E-state index in [1.807, 2.05) is 11.3 Å². The van der Waals surface area contributed by atoms with Crippen LogP contribution in [0, 0.1) is 0 Å². The number of rotatable bonds is 3. The van der Waals surface area contributed by atoms with E-state index in [1.54, 1.807) is 0 Å². The van der Waals surface area contributed by atoms with Crippen molar-refractivity contribution >= 4 is 11.3 Å². The van der Waals surface area contributed by atoms with E-state index in [2.05, 4.69) is 61.7 Å². The Bertz CT molecular complexity index is 398. The SMILES string of the molecule is CC(C)(Cc1cccs1)c1ccccc1. The molecule has 0 radical (unpaired) electrons. The quantitative estimate of drug-likeness (QED) is 0.719. The average molecular weight is 216 g/mol. The van der Waals surface area contributed by atoms with Gasteiger partial charge < -0.3 is 0 Å². The largest absolute Gasteiger partial charge is 0.149 e. The summed E-state index contributed by atoms with van der Waals surface area (Å²) < 4.78 is 0. The Morgan fingerprint density at radius 1 is 1.00 bits per heavy atom. The molecule has 0 amide bonds. The summed E-state index contributed by atoms with van der Waals surface area (Å²) in [6.07, 6.45) is 1.12. The van der Waals surface area contributed by atoms with Crippen molar-refractivity contribution in [1.29, 1.82) is 0 Å². The molecule has 0 atom stereocenters. The lowest BCUT2D eigenvalue weighted by atomic mass is 9.81. The highest BCUT2D eigenvalue weighted by Crippen LogP contribution is 2.28. The van der Waals surface area contributed by atoms with Gasteiger partial charge in [-0.25, -0.2) is 0 Å². The lowest BCUT2D eigenvalue weighted by molar-refractivity contribution is 0.527. The molecular weight excluding hydrogens is 200 g/mol. The molecule has 0 aliphatic carbocycles. The first-order valence-corrected chi connectivity index (χ1v) is 6.14. The molecule has 0 aliphatic rings. The van der Waals surface area contributed by atoms with Crippen LogP contribution in [0.1, 0.15) is 24.3 Å². The standard InChI is InChI=1S/C14H16S/c1-14(2,11-13-9-6-10-15-13)12-7-4-3-5-8-12/h3-10H,11H2,1-2H3. The van der Waals surface area contributed by atoms with Gasteiger partial charge >= 0.3 is 0 Å². The molecule has 0 fully saturated rings. The zero-order chi connectivity index (χ0) is 10.7. The molecule has 0 nitrogen and oxygen atoms in total. The minimum atomic E-state index is 0.228. The van der Waals surface area contributed by atoms with Crippen LogP contribution < -0.4 is 0 Å². The van der Waals surface area contributed by atoms with Crippen LogP contribution in [0.2, 0.25) is 0 Å². The molecule has 0 saturated heterocycles. The predicted molar refractivity (Wildman–Crippen MR) is 67.5 cm³/mol. The van der Waals surface area contributed by atoms with Gasteiger partial charge in [-0.2, -0.15) is 0 Å². The molecule has 0 aliphatic heterocycles. The van der Waals surface area contributed by atoms with Crippen LogP contribution in [0.25, 0.3) is 0 Å². The summed E-state index contributed by atoms with van der Waals surface area (Å²) >= 11 is 1.84. The first-order chi connectivity index (χ1) is 7.18. The molecule has 0 bridgehead atoms. The fourth-order valence-electron chi connectivity index (χ4n) is 1.84. The molecule has 2 rings (SSSR count). The molecule has 0 spiro atoms. The fraction of sp³-hybridized carbons (Fsp3) is 0.286. The highest BCUT2D eigenvalue weighted by molar-refractivity contribution is 7.09. The van der Waals surface area contributed by atoms with Crippen LogP contribution in [0.15, 0.2) is 47.8 Å². The van der Waals surface area contributed by atoms with Gasteiger partial charge in [-0.1, -0.05) is 50.2 Å². The van der Waals surface area contributed by atoms with Crippen LogP contribution in [0.5, 0.6) is 0 Å². The van der Waals surface area contributed by atoms with Crippen LogP contribution in [0.4, 0.5) is 0 Å². The van der Waals surface area contributed by atoms with Gasteiger partial charge in [0.2, 0.25) is 0 Å². The van der Waals surface area contributed by atoms with Crippen LogP contribution in [-0.4, -0.2) is 0 Å². The second-order valence-electron chi connectivity index (χ2n) is 4.51. The van der Waals surface area contributed by atoms with Crippen LogP contribution in [0.3, 0.4) is 0 Å². The molecule has 1 heteroatoms. The summed E-state index contributed by atoms with van der Waals surface area (Å²) in [5.41, 5.74) is 1.64. The topological polar surface area (TPSA) is 0 Å². The van der Waals surface area contributed by atoms with Gasteiger partial charge in [0.05, 0.1) is 0 Å². The number of thiophene rings is 1. The zero-order valence-corrected chi connectivity index (χ0v) is 10.1. The van der Waals surface area contributed by atoms with E-state index < -0.39 is 0 Å². The zero-order valence-electron chi connectivity index (χ0n) is 9.23. The highest BCUT2D eigenvalue weighted by Gasteiger charge is 2.20. The van der Waals surface area contributed by atoms with Gasteiger partial charge in [0.25, 0.3) is 0 Å². The van der Waals surface area contributed by atoms with Crippen molar-refractivity contribution < 1.29 is 0 Å².